The van der Waals surface area contributed by atoms with Crippen LogP contribution >= 0.6 is 0 Å². The van der Waals surface area contributed by atoms with Gasteiger partial charge in [-0.1, -0.05) is 30.3 Å². The van der Waals surface area contributed by atoms with E-state index in [2.05, 4.69) is 0 Å². The van der Waals surface area contributed by atoms with Crippen LogP contribution in [0.1, 0.15) is 30.1 Å². The Kier molecular flexibility index (Phi) is 6.08. The van der Waals surface area contributed by atoms with Crippen molar-refractivity contribution in [2.24, 2.45) is 0 Å². The molecular formula is C14H19NO3. The Bertz CT molecular complexity index is 389. The third-order valence-corrected chi connectivity index (χ3v) is 2.77. The minimum absolute atomic E-state index is 0.0241. The van der Waals surface area contributed by atoms with Crippen LogP contribution in [-0.4, -0.2) is 41.4 Å². The molecule has 0 aromatic heterocycles. The van der Waals surface area contributed by atoms with Crippen LogP contribution in [0, 0.1) is 0 Å². The summed E-state index contributed by atoms with van der Waals surface area (Å²) < 4.78 is 0. The Balaban J connectivity index is 2.45. The van der Waals surface area contributed by atoms with Gasteiger partial charge < -0.3 is 10.0 Å². The largest absolute Gasteiger partial charge is 0.395 e. The highest BCUT2D eigenvalue weighted by molar-refractivity contribution is 5.97. The topological polar surface area (TPSA) is 57.6 Å². The summed E-state index contributed by atoms with van der Waals surface area (Å²) in [5, 5.41) is 8.81. The van der Waals surface area contributed by atoms with Crippen molar-refractivity contribution >= 4 is 11.7 Å². The lowest BCUT2D eigenvalue weighted by atomic mass is 10.1. The summed E-state index contributed by atoms with van der Waals surface area (Å²) in [7, 11) is 0. The zero-order chi connectivity index (χ0) is 13.4. The van der Waals surface area contributed by atoms with Crippen LogP contribution in [-0.2, 0) is 4.79 Å². The number of aliphatic hydroxyl groups is 1. The molecule has 0 saturated carbocycles. The molecule has 1 N–H and O–H groups in total. The van der Waals surface area contributed by atoms with Gasteiger partial charge in [0.2, 0.25) is 5.91 Å². The highest BCUT2D eigenvalue weighted by Gasteiger charge is 2.13. The van der Waals surface area contributed by atoms with Crippen molar-refractivity contribution in [3.63, 3.8) is 0 Å². The number of benzene rings is 1. The van der Waals surface area contributed by atoms with Crippen molar-refractivity contribution in [1.82, 2.24) is 4.90 Å². The van der Waals surface area contributed by atoms with Gasteiger partial charge >= 0.3 is 0 Å². The van der Waals surface area contributed by atoms with Crippen molar-refractivity contribution in [1.29, 1.82) is 0 Å². The van der Waals surface area contributed by atoms with Gasteiger partial charge in [-0.15, -0.1) is 0 Å². The van der Waals surface area contributed by atoms with Crippen LogP contribution in [0.2, 0.25) is 0 Å². The zero-order valence-corrected chi connectivity index (χ0v) is 10.6. The number of nitrogens with zero attached hydrogens (tertiary/aromatic N) is 1. The Morgan fingerprint density at radius 2 is 1.83 bits per heavy atom. The van der Waals surface area contributed by atoms with E-state index in [4.69, 9.17) is 5.11 Å². The fourth-order valence-corrected chi connectivity index (χ4v) is 1.73. The number of carbonyl (C=O) groups is 2. The van der Waals surface area contributed by atoms with E-state index in [1.165, 1.54) is 0 Å². The maximum absolute atomic E-state index is 11.8. The van der Waals surface area contributed by atoms with Gasteiger partial charge in [-0.3, -0.25) is 9.59 Å². The number of amides is 1. The summed E-state index contributed by atoms with van der Waals surface area (Å²) in [5.74, 6) is -0.111. The maximum atomic E-state index is 11.8. The number of Topliss-reactive ketones (excluding diaryl/α,β-unsaturated/α-hetero) is 1. The molecule has 4 heteroatoms. The van der Waals surface area contributed by atoms with Gasteiger partial charge in [-0.05, 0) is 6.92 Å². The summed E-state index contributed by atoms with van der Waals surface area (Å²) in [4.78, 5) is 25.1. The molecule has 0 heterocycles. The smallest absolute Gasteiger partial charge is 0.223 e. The summed E-state index contributed by atoms with van der Waals surface area (Å²) in [6.45, 7) is 2.69. The first-order chi connectivity index (χ1) is 8.69. The van der Waals surface area contributed by atoms with E-state index in [1.54, 1.807) is 29.2 Å². The molecule has 0 aliphatic rings. The number of hydrogen-bond acceptors (Lipinski definition) is 3. The average molecular weight is 249 g/mol. The fourth-order valence-electron chi connectivity index (χ4n) is 1.73. The summed E-state index contributed by atoms with van der Waals surface area (Å²) in [6, 6.07) is 8.95. The minimum Gasteiger partial charge on any atom is -0.395 e. The first-order valence-corrected chi connectivity index (χ1v) is 6.16. The number of ketones is 1. The van der Waals surface area contributed by atoms with E-state index in [9.17, 15) is 9.59 Å². The maximum Gasteiger partial charge on any atom is 0.223 e. The van der Waals surface area contributed by atoms with E-state index in [-0.39, 0.29) is 31.1 Å². The van der Waals surface area contributed by atoms with Crippen LogP contribution in [0.15, 0.2) is 30.3 Å². The molecule has 1 rings (SSSR count). The Labute approximate surface area is 107 Å². The quantitative estimate of drug-likeness (QED) is 0.745. The predicted molar refractivity (Wildman–Crippen MR) is 69.3 cm³/mol. The first-order valence-electron chi connectivity index (χ1n) is 6.16. The molecular weight excluding hydrogens is 230 g/mol. The molecule has 0 saturated heterocycles. The van der Waals surface area contributed by atoms with Crippen LogP contribution < -0.4 is 0 Å². The molecule has 1 aromatic rings. The van der Waals surface area contributed by atoms with Gasteiger partial charge in [0.05, 0.1) is 6.61 Å². The van der Waals surface area contributed by atoms with Gasteiger partial charge in [0.1, 0.15) is 0 Å². The summed E-state index contributed by atoms with van der Waals surface area (Å²) in [5.41, 5.74) is 0.635. The van der Waals surface area contributed by atoms with Crippen molar-refractivity contribution in [2.75, 3.05) is 19.7 Å². The number of carbonyl (C=O) groups excluding carboxylic acids is 2. The van der Waals surface area contributed by atoms with Gasteiger partial charge in [0.25, 0.3) is 0 Å². The molecule has 98 valence electrons. The summed E-state index contributed by atoms with van der Waals surface area (Å²) >= 11 is 0. The third kappa shape index (κ3) is 4.30. The molecule has 0 bridgehead atoms. The molecule has 4 nitrogen and oxygen atoms in total. The predicted octanol–water partition coefficient (Wildman–Crippen LogP) is 1.49. The molecule has 0 spiro atoms. The van der Waals surface area contributed by atoms with E-state index < -0.39 is 0 Å². The molecule has 0 unspecified atom stereocenters. The normalized spacial score (nSPS) is 10.1. The first kappa shape index (κ1) is 14.4. The number of rotatable bonds is 7. The lowest BCUT2D eigenvalue weighted by Crippen LogP contribution is -2.33. The third-order valence-electron chi connectivity index (χ3n) is 2.77. The van der Waals surface area contributed by atoms with Gasteiger partial charge in [-0.2, -0.15) is 0 Å². The molecule has 0 fully saturated rings. The molecule has 0 aliphatic carbocycles. The fraction of sp³-hybridized carbons (Fsp3) is 0.429. The van der Waals surface area contributed by atoms with Gasteiger partial charge in [0.15, 0.2) is 5.78 Å². The molecule has 0 aliphatic heterocycles. The van der Waals surface area contributed by atoms with E-state index in [0.29, 0.717) is 18.7 Å². The second-order valence-electron chi connectivity index (χ2n) is 3.99. The highest BCUT2D eigenvalue weighted by atomic mass is 16.3. The van der Waals surface area contributed by atoms with Crippen LogP contribution in [0.3, 0.4) is 0 Å². The minimum atomic E-state index is -0.0872. The highest BCUT2D eigenvalue weighted by Crippen LogP contribution is 2.06. The average Bonchev–Trinajstić information content (AvgIpc) is 2.42. The van der Waals surface area contributed by atoms with Gasteiger partial charge in [-0.25, -0.2) is 0 Å². The Morgan fingerprint density at radius 3 is 2.39 bits per heavy atom. The van der Waals surface area contributed by atoms with Gasteiger partial charge in [0, 0.05) is 31.5 Å². The molecule has 0 atom stereocenters. The van der Waals surface area contributed by atoms with Crippen LogP contribution in [0.4, 0.5) is 0 Å². The van der Waals surface area contributed by atoms with Crippen LogP contribution in [0.5, 0.6) is 0 Å². The lowest BCUT2D eigenvalue weighted by molar-refractivity contribution is -0.131. The van der Waals surface area contributed by atoms with Crippen molar-refractivity contribution < 1.29 is 14.7 Å². The standard InChI is InChI=1S/C14H19NO3/c1-2-15(10-11-16)14(18)9-8-13(17)12-6-4-3-5-7-12/h3-7,16H,2,8-11H2,1H3. The second kappa shape index (κ2) is 7.61. The Morgan fingerprint density at radius 1 is 1.17 bits per heavy atom. The molecule has 1 amide bonds. The second-order valence-corrected chi connectivity index (χ2v) is 3.99. The van der Waals surface area contributed by atoms with Crippen molar-refractivity contribution in [3.8, 4) is 0 Å². The Hall–Kier alpha value is -1.68. The van der Waals surface area contributed by atoms with Crippen molar-refractivity contribution in [3.05, 3.63) is 35.9 Å². The van der Waals surface area contributed by atoms with Crippen molar-refractivity contribution in [2.45, 2.75) is 19.8 Å². The number of aliphatic hydroxyl groups excluding tert-OH is 1. The molecule has 0 radical (unpaired) electrons. The number of hydrogen-bond donors (Lipinski definition) is 1. The number of likely N-dealkylation sites (N-methyl/N-ethyl adjacent to an activating group) is 1. The zero-order valence-electron chi connectivity index (χ0n) is 10.6. The monoisotopic (exact) mass is 249 g/mol. The van der Waals surface area contributed by atoms with E-state index in [1.807, 2.05) is 13.0 Å². The summed E-state index contributed by atoms with van der Waals surface area (Å²) in [6.07, 6.45) is 0.409. The van der Waals surface area contributed by atoms with Crippen LogP contribution in [0.25, 0.3) is 0 Å². The van der Waals surface area contributed by atoms with E-state index in [0.717, 1.165) is 0 Å². The lowest BCUT2D eigenvalue weighted by Gasteiger charge is -2.19. The van der Waals surface area contributed by atoms with E-state index >= 15 is 0 Å². The SMILES string of the molecule is CCN(CCO)C(=O)CCC(=O)c1ccccc1. The molecule has 1 aromatic carbocycles. The molecule has 18 heavy (non-hydrogen) atoms.